The first-order valence-electron chi connectivity index (χ1n) is 6.18. The average molecular weight is 236 g/mol. The molecule has 0 radical (unpaired) electrons. The van der Waals surface area contributed by atoms with Crippen molar-refractivity contribution < 1.29 is 4.92 Å². The van der Waals surface area contributed by atoms with Gasteiger partial charge < -0.3 is 4.90 Å². The maximum absolute atomic E-state index is 10.6. The van der Waals surface area contributed by atoms with Gasteiger partial charge in [-0.2, -0.15) is 0 Å². The van der Waals surface area contributed by atoms with E-state index < -0.39 is 0 Å². The molecule has 0 amide bonds. The van der Waals surface area contributed by atoms with Crippen molar-refractivity contribution in [2.75, 3.05) is 18.0 Å². The Hall–Kier alpha value is -1.58. The van der Waals surface area contributed by atoms with Crippen LogP contribution in [0.25, 0.3) is 0 Å². The van der Waals surface area contributed by atoms with E-state index in [2.05, 4.69) is 4.90 Å². The third kappa shape index (κ3) is 3.19. The fraction of sp³-hybridized carbons (Fsp3) is 0.538. The van der Waals surface area contributed by atoms with Gasteiger partial charge in [0.05, 0.1) is 4.92 Å². The summed E-state index contributed by atoms with van der Waals surface area (Å²) in [5, 5.41) is 10.6. The summed E-state index contributed by atoms with van der Waals surface area (Å²) in [5.74, 6) is 0. The molecule has 1 fully saturated rings. The Morgan fingerprint density at radius 3 is 2.29 bits per heavy atom. The number of nitro benzene ring substituents is 1. The number of aryl methyl sites for hydroxylation is 1. The van der Waals surface area contributed by atoms with Crippen LogP contribution in [0.2, 0.25) is 0 Å². The van der Waals surface area contributed by atoms with E-state index in [1.54, 1.807) is 12.1 Å². The number of rotatable bonds is 2. The fourth-order valence-corrected chi connectivity index (χ4v) is 2.07. The second-order valence-electron chi connectivity index (χ2n) is 3.92. The molecule has 1 aromatic rings. The summed E-state index contributed by atoms with van der Waals surface area (Å²) in [7, 11) is 0. The van der Waals surface area contributed by atoms with Crippen LogP contribution in [-0.4, -0.2) is 18.0 Å². The minimum Gasteiger partial charge on any atom is -0.371 e. The molecule has 2 rings (SSSR count). The molecule has 0 unspecified atom stereocenters. The molecule has 0 atom stereocenters. The molecule has 1 aliphatic rings. The number of nitro groups is 1. The van der Waals surface area contributed by atoms with E-state index in [-0.39, 0.29) is 10.6 Å². The van der Waals surface area contributed by atoms with Gasteiger partial charge in [-0.15, -0.1) is 0 Å². The van der Waals surface area contributed by atoms with Gasteiger partial charge in [0.15, 0.2) is 0 Å². The lowest BCUT2D eigenvalue weighted by Gasteiger charge is -2.19. The van der Waals surface area contributed by atoms with E-state index in [4.69, 9.17) is 0 Å². The summed E-state index contributed by atoms with van der Waals surface area (Å²) in [6.07, 6.45) is 2.44. The van der Waals surface area contributed by atoms with Gasteiger partial charge in [0, 0.05) is 30.9 Å². The van der Waals surface area contributed by atoms with Crippen molar-refractivity contribution in [2.45, 2.75) is 33.6 Å². The van der Waals surface area contributed by atoms with Crippen molar-refractivity contribution in [1.29, 1.82) is 0 Å². The molecule has 1 saturated heterocycles. The first-order valence-corrected chi connectivity index (χ1v) is 6.18. The zero-order chi connectivity index (χ0) is 12.8. The number of benzene rings is 1. The highest BCUT2D eigenvalue weighted by Gasteiger charge is 2.16. The second-order valence-corrected chi connectivity index (χ2v) is 3.92. The molecule has 94 valence electrons. The summed E-state index contributed by atoms with van der Waals surface area (Å²) in [6, 6.07) is 5.09. The highest BCUT2D eigenvalue weighted by atomic mass is 16.6. The average Bonchev–Trinajstić information content (AvgIpc) is 2.85. The van der Waals surface area contributed by atoms with Gasteiger partial charge >= 0.3 is 0 Å². The first-order chi connectivity index (χ1) is 8.18. The van der Waals surface area contributed by atoms with E-state index >= 15 is 0 Å². The molecule has 0 aromatic heterocycles. The van der Waals surface area contributed by atoms with Crippen molar-refractivity contribution in [2.24, 2.45) is 0 Å². The van der Waals surface area contributed by atoms with Gasteiger partial charge in [-0.3, -0.25) is 10.1 Å². The lowest BCUT2D eigenvalue weighted by atomic mass is 10.1. The zero-order valence-electron chi connectivity index (χ0n) is 10.8. The quantitative estimate of drug-likeness (QED) is 0.583. The molecule has 1 heterocycles. The van der Waals surface area contributed by atoms with E-state index in [0.717, 1.165) is 24.3 Å². The Balaban J connectivity index is 0.000000686. The molecule has 0 spiro atoms. The Bertz CT molecular complexity index is 385. The molecule has 0 bridgehead atoms. The summed E-state index contributed by atoms with van der Waals surface area (Å²) in [5.41, 5.74) is 2.31. The van der Waals surface area contributed by atoms with E-state index in [1.165, 1.54) is 12.8 Å². The van der Waals surface area contributed by atoms with Crippen LogP contribution >= 0.6 is 0 Å². The molecule has 4 nitrogen and oxygen atoms in total. The predicted octanol–water partition coefficient (Wildman–Crippen LogP) is 3.53. The first kappa shape index (κ1) is 13.5. The molecule has 0 aliphatic carbocycles. The Kier molecular flexibility index (Phi) is 4.94. The van der Waals surface area contributed by atoms with Crippen molar-refractivity contribution in [3.63, 3.8) is 0 Å². The van der Waals surface area contributed by atoms with Gasteiger partial charge in [-0.05, 0) is 31.4 Å². The minimum absolute atomic E-state index is 0.176. The molecule has 1 aromatic carbocycles. The largest absolute Gasteiger partial charge is 0.371 e. The molecular weight excluding hydrogens is 216 g/mol. The second kappa shape index (κ2) is 6.23. The Morgan fingerprint density at radius 2 is 1.82 bits per heavy atom. The standard InChI is InChI=1S/C11H14N2O2.C2H6/c1-9-8-10(13(14)15)4-5-11(9)12-6-2-3-7-12;1-2/h4-5,8H,2-3,6-7H2,1H3;1-2H3. The van der Waals surface area contributed by atoms with Crippen LogP contribution in [0.4, 0.5) is 11.4 Å². The predicted molar refractivity (Wildman–Crippen MR) is 70.6 cm³/mol. The highest BCUT2D eigenvalue weighted by molar-refractivity contribution is 5.57. The summed E-state index contributed by atoms with van der Waals surface area (Å²) in [6.45, 7) is 8.07. The molecule has 17 heavy (non-hydrogen) atoms. The van der Waals surface area contributed by atoms with E-state index in [9.17, 15) is 10.1 Å². The molecule has 0 N–H and O–H groups in total. The topological polar surface area (TPSA) is 46.4 Å². The third-order valence-electron chi connectivity index (χ3n) is 2.84. The number of nitrogens with zero attached hydrogens (tertiary/aromatic N) is 2. The molecule has 4 heteroatoms. The van der Waals surface area contributed by atoms with Crippen LogP contribution in [0, 0.1) is 17.0 Å². The SMILES string of the molecule is CC.Cc1cc([N+](=O)[O-])ccc1N1CCCC1. The van der Waals surface area contributed by atoms with Crippen molar-refractivity contribution in [3.8, 4) is 0 Å². The normalized spacial score (nSPS) is 14.2. The number of hydrogen-bond donors (Lipinski definition) is 0. The summed E-state index contributed by atoms with van der Waals surface area (Å²) >= 11 is 0. The van der Waals surface area contributed by atoms with Crippen LogP contribution in [0.5, 0.6) is 0 Å². The zero-order valence-corrected chi connectivity index (χ0v) is 10.8. The number of hydrogen-bond acceptors (Lipinski definition) is 3. The lowest BCUT2D eigenvalue weighted by Crippen LogP contribution is -2.18. The minimum atomic E-state index is -0.346. The van der Waals surface area contributed by atoms with Gasteiger partial charge in [0.25, 0.3) is 5.69 Å². The molecule has 0 saturated carbocycles. The van der Waals surface area contributed by atoms with Crippen LogP contribution < -0.4 is 4.90 Å². The molecule has 1 aliphatic heterocycles. The van der Waals surface area contributed by atoms with Crippen molar-refractivity contribution in [1.82, 2.24) is 0 Å². The highest BCUT2D eigenvalue weighted by Crippen LogP contribution is 2.27. The van der Waals surface area contributed by atoms with Gasteiger partial charge in [-0.25, -0.2) is 0 Å². The Labute approximate surface area is 102 Å². The van der Waals surface area contributed by atoms with Crippen LogP contribution in [0.3, 0.4) is 0 Å². The summed E-state index contributed by atoms with van der Waals surface area (Å²) in [4.78, 5) is 12.5. The van der Waals surface area contributed by atoms with Gasteiger partial charge in [-0.1, -0.05) is 13.8 Å². The smallest absolute Gasteiger partial charge is 0.269 e. The van der Waals surface area contributed by atoms with Crippen LogP contribution in [0.15, 0.2) is 18.2 Å². The maximum Gasteiger partial charge on any atom is 0.269 e. The Morgan fingerprint density at radius 1 is 1.24 bits per heavy atom. The third-order valence-corrected chi connectivity index (χ3v) is 2.84. The maximum atomic E-state index is 10.6. The number of non-ortho nitro benzene ring substituents is 1. The monoisotopic (exact) mass is 236 g/mol. The van der Waals surface area contributed by atoms with Crippen LogP contribution in [-0.2, 0) is 0 Å². The lowest BCUT2D eigenvalue weighted by molar-refractivity contribution is -0.384. The number of anilines is 1. The van der Waals surface area contributed by atoms with Gasteiger partial charge in [0.1, 0.15) is 0 Å². The van der Waals surface area contributed by atoms with Gasteiger partial charge in [0.2, 0.25) is 0 Å². The van der Waals surface area contributed by atoms with E-state index in [1.807, 2.05) is 26.8 Å². The van der Waals surface area contributed by atoms with E-state index in [0.29, 0.717) is 0 Å². The fourth-order valence-electron chi connectivity index (χ4n) is 2.07. The molecular formula is C13H20N2O2. The van der Waals surface area contributed by atoms with Crippen LogP contribution in [0.1, 0.15) is 32.3 Å². The van der Waals surface area contributed by atoms with Crippen molar-refractivity contribution in [3.05, 3.63) is 33.9 Å². The van der Waals surface area contributed by atoms with Crippen molar-refractivity contribution >= 4 is 11.4 Å². The summed E-state index contributed by atoms with van der Waals surface area (Å²) < 4.78 is 0.